The lowest BCUT2D eigenvalue weighted by atomic mass is 10.1. The van der Waals surface area contributed by atoms with Crippen LogP contribution >= 0.6 is 0 Å². The van der Waals surface area contributed by atoms with Gasteiger partial charge in [-0.1, -0.05) is 39.0 Å². The Morgan fingerprint density at radius 3 is 2.23 bits per heavy atom. The summed E-state index contributed by atoms with van der Waals surface area (Å²) in [4.78, 5) is 11.5. The minimum atomic E-state index is -3.93. The molecule has 26 heavy (non-hydrogen) atoms. The first-order valence-electron chi connectivity index (χ1n) is 8.63. The minimum absolute atomic E-state index is 0. The Hall–Kier alpha value is -2.54. The smallest absolute Gasteiger partial charge is 0.339 e. The lowest BCUT2D eigenvalue weighted by Crippen LogP contribution is -2.28. The van der Waals surface area contributed by atoms with E-state index in [0.717, 1.165) is 5.56 Å². The molecule has 0 heterocycles. The fourth-order valence-corrected chi connectivity index (χ4v) is 3.05. The van der Waals surface area contributed by atoms with E-state index >= 15 is 0 Å². The number of amides is 2. The average Bonchev–Trinajstić information content (AvgIpc) is 2.64. The molecule has 0 atom stereocenters. The van der Waals surface area contributed by atoms with Crippen molar-refractivity contribution in [3.05, 3.63) is 54.1 Å². The summed E-state index contributed by atoms with van der Waals surface area (Å²) in [5.41, 5.74) is 1.31. The number of carbonyl (C=O) groups is 1. The lowest BCUT2D eigenvalue weighted by molar-refractivity contribution is 0.252. The Balaban J connectivity index is 0. The summed E-state index contributed by atoms with van der Waals surface area (Å²) >= 11 is 0. The van der Waals surface area contributed by atoms with Gasteiger partial charge in [0.25, 0.3) is 0 Å². The molecular formula is C19H30N2O4S. The predicted molar refractivity (Wildman–Crippen MR) is 108 cm³/mol. The molecule has 0 fully saturated rings. The van der Waals surface area contributed by atoms with E-state index in [2.05, 4.69) is 10.6 Å². The van der Waals surface area contributed by atoms with Crippen molar-refractivity contribution >= 4 is 21.8 Å². The topological polar surface area (TPSA) is 84.5 Å². The van der Waals surface area contributed by atoms with E-state index < -0.39 is 10.1 Å². The van der Waals surface area contributed by atoms with E-state index in [1.807, 2.05) is 32.9 Å². The Morgan fingerprint density at radius 1 is 1.04 bits per heavy atom. The normalized spacial score (nSPS) is 10.3. The van der Waals surface area contributed by atoms with E-state index in [-0.39, 0.29) is 13.8 Å². The molecule has 0 spiro atoms. The van der Waals surface area contributed by atoms with Gasteiger partial charge in [-0.2, -0.15) is 8.42 Å². The SMILES string of the molecule is CC.CCNC(=O)Nc1ccc(S(=O)(=O)Oc2ccccc2CC)cc1.[HH].[HH]. The number of anilines is 1. The molecule has 0 aliphatic rings. The third-order valence-electron chi connectivity index (χ3n) is 3.29. The third kappa shape index (κ3) is 6.07. The van der Waals surface area contributed by atoms with Crippen LogP contribution in [0.3, 0.4) is 0 Å². The van der Waals surface area contributed by atoms with Crippen molar-refractivity contribution in [2.24, 2.45) is 0 Å². The number of urea groups is 1. The van der Waals surface area contributed by atoms with Crippen LogP contribution in [-0.4, -0.2) is 21.0 Å². The van der Waals surface area contributed by atoms with Gasteiger partial charge >= 0.3 is 16.1 Å². The molecule has 2 amide bonds. The maximum atomic E-state index is 12.4. The minimum Gasteiger partial charge on any atom is -0.379 e. The Kier molecular flexibility index (Phi) is 8.64. The summed E-state index contributed by atoms with van der Waals surface area (Å²) in [6.07, 6.45) is 0.668. The molecule has 0 unspecified atom stereocenters. The van der Waals surface area contributed by atoms with E-state index in [4.69, 9.17) is 4.18 Å². The summed E-state index contributed by atoms with van der Waals surface area (Å²) in [5, 5.41) is 5.19. The molecule has 146 valence electrons. The van der Waals surface area contributed by atoms with Crippen molar-refractivity contribution < 1.29 is 20.2 Å². The van der Waals surface area contributed by atoms with E-state index in [0.29, 0.717) is 24.4 Å². The molecule has 0 aliphatic carbocycles. The Bertz CT molecular complexity index is 813. The van der Waals surface area contributed by atoms with Crippen LogP contribution < -0.4 is 14.8 Å². The largest absolute Gasteiger partial charge is 0.379 e. The Morgan fingerprint density at radius 2 is 1.65 bits per heavy atom. The van der Waals surface area contributed by atoms with Gasteiger partial charge in [0.2, 0.25) is 0 Å². The van der Waals surface area contributed by atoms with Gasteiger partial charge < -0.3 is 14.8 Å². The van der Waals surface area contributed by atoms with Crippen LogP contribution in [0.15, 0.2) is 53.4 Å². The van der Waals surface area contributed by atoms with Crippen LogP contribution in [0, 0.1) is 0 Å². The average molecular weight is 383 g/mol. The van der Waals surface area contributed by atoms with Crippen LogP contribution in [0.25, 0.3) is 0 Å². The Labute approximate surface area is 158 Å². The first kappa shape index (κ1) is 21.5. The quantitative estimate of drug-likeness (QED) is 0.711. The second-order valence-electron chi connectivity index (χ2n) is 5.01. The fourth-order valence-electron chi connectivity index (χ4n) is 2.08. The number of benzene rings is 2. The van der Waals surface area contributed by atoms with Crippen molar-refractivity contribution in [3.63, 3.8) is 0 Å². The van der Waals surface area contributed by atoms with Gasteiger partial charge in [0.05, 0.1) is 0 Å². The summed E-state index contributed by atoms with van der Waals surface area (Å²) in [6, 6.07) is 12.5. The van der Waals surface area contributed by atoms with Crippen molar-refractivity contribution in [3.8, 4) is 5.75 Å². The molecule has 2 N–H and O–H groups in total. The van der Waals surface area contributed by atoms with Crippen LogP contribution in [0.1, 0.15) is 36.1 Å². The maximum Gasteiger partial charge on any atom is 0.339 e. The fraction of sp³-hybridized carbons (Fsp3) is 0.316. The molecule has 2 rings (SSSR count). The van der Waals surface area contributed by atoms with Gasteiger partial charge in [0.1, 0.15) is 10.6 Å². The molecule has 6 nitrogen and oxygen atoms in total. The molecule has 0 saturated heterocycles. The molecule has 0 aliphatic heterocycles. The number of aryl methyl sites for hydroxylation is 1. The van der Waals surface area contributed by atoms with Gasteiger partial charge in [-0.05, 0) is 49.2 Å². The highest BCUT2D eigenvalue weighted by Crippen LogP contribution is 2.24. The number of hydrogen-bond donors (Lipinski definition) is 2. The van der Waals surface area contributed by atoms with E-state index in [9.17, 15) is 13.2 Å². The third-order valence-corrected chi connectivity index (χ3v) is 4.54. The van der Waals surface area contributed by atoms with Crippen molar-refractivity contribution in [2.45, 2.75) is 39.0 Å². The molecule has 2 aromatic rings. The van der Waals surface area contributed by atoms with Crippen molar-refractivity contribution in [1.29, 1.82) is 0 Å². The highest BCUT2D eigenvalue weighted by atomic mass is 32.2. The molecule has 0 saturated carbocycles. The van der Waals surface area contributed by atoms with Crippen molar-refractivity contribution in [1.82, 2.24) is 5.32 Å². The van der Waals surface area contributed by atoms with E-state index in [1.165, 1.54) is 24.3 Å². The van der Waals surface area contributed by atoms with Gasteiger partial charge in [0, 0.05) is 15.1 Å². The zero-order valence-corrected chi connectivity index (χ0v) is 16.4. The van der Waals surface area contributed by atoms with Crippen LogP contribution in [0.5, 0.6) is 5.75 Å². The summed E-state index contributed by atoms with van der Waals surface area (Å²) in [5.74, 6) is 0.324. The van der Waals surface area contributed by atoms with Crippen LogP contribution in [0.4, 0.5) is 10.5 Å². The molecule has 0 radical (unpaired) electrons. The van der Waals surface area contributed by atoms with Gasteiger partial charge in [0.15, 0.2) is 0 Å². The summed E-state index contributed by atoms with van der Waals surface area (Å²) < 4.78 is 30.0. The second-order valence-corrected chi connectivity index (χ2v) is 6.55. The molecule has 0 bridgehead atoms. The van der Waals surface area contributed by atoms with E-state index in [1.54, 1.807) is 19.1 Å². The first-order valence-corrected chi connectivity index (χ1v) is 10.0. The molecule has 7 heteroatoms. The number of hydrogen-bond acceptors (Lipinski definition) is 4. The zero-order valence-electron chi connectivity index (χ0n) is 15.6. The second kappa shape index (κ2) is 10.5. The van der Waals surface area contributed by atoms with Gasteiger partial charge in [-0.25, -0.2) is 4.79 Å². The molecule has 2 aromatic carbocycles. The number of para-hydroxylation sites is 1. The lowest BCUT2D eigenvalue weighted by Gasteiger charge is -2.11. The highest BCUT2D eigenvalue weighted by Gasteiger charge is 2.18. The van der Waals surface area contributed by atoms with Crippen molar-refractivity contribution in [2.75, 3.05) is 11.9 Å². The zero-order chi connectivity index (χ0) is 19.6. The predicted octanol–water partition coefficient (Wildman–Crippen LogP) is 4.68. The number of carbonyl (C=O) groups excluding carboxylic acids is 1. The standard InChI is InChI=1S/C17H20N2O4S.C2H6.2H2/c1-3-13-7-5-6-8-16(13)23-24(21,22)15-11-9-14(10-12-15)19-17(20)18-4-2;1-2;;/h5-12H,3-4H2,1-2H3,(H2,18,19,20);1-2H3;2*1H. The molecular weight excluding hydrogens is 352 g/mol. The summed E-state index contributed by atoms with van der Waals surface area (Å²) in [7, 11) is -3.93. The van der Waals surface area contributed by atoms with Crippen LogP contribution in [-0.2, 0) is 16.5 Å². The monoisotopic (exact) mass is 382 g/mol. The number of rotatable bonds is 6. The number of nitrogens with one attached hydrogen (secondary N) is 2. The van der Waals surface area contributed by atoms with Gasteiger partial charge in [-0.15, -0.1) is 0 Å². The highest BCUT2D eigenvalue weighted by molar-refractivity contribution is 7.87. The first-order chi connectivity index (χ1) is 12.5. The van der Waals surface area contributed by atoms with Gasteiger partial charge in [-0.3, -0.25) is 0 Å². The maximum absolute atomic E-state index is 12.4. The summed E-state index contributed by atoms with van der Waals surface area (Å²) in [6.45, 7) is 8.24. The van der Waals surface area contributed by atoms with Crippen LogP contribution in [0.2, 0.25) is 0 Å². The molecule has 0 aromatic heterocycles.